The molecule has 0 aliphatic carbocycles. The summed E-state index contributed by atoms with van der Waals surface area (Å²) in [5, 5.41) is 0.673. The van der Waals surface area contributed by atoms with E-state index in [0.717, 1.165) is 28.3 Å². The van der Waals surface area contributed by atoms with Gasteiger partial charge in [0.15, 0.2) is 0 Å². The normalized spacial score (nSPS) is 11.5. The molecule has 0 aliphatic heterocycles. The van der Waals surface area contributed by atoms with Crippen LogP contribution in [0.5, 0.6) is 0 Å². The first-order valence-electron chi connectivity index (χ1n) is 4.28. The van der Waals surface area contributed by atoms with Crippen LogP contribution in [-0.2, 0) is 4.79 Å². The van der Waals surface area contributed by atoms with Gasteiger partial charge in [0.05, 0.1) is 5.02 Å². The molecule has 0 saturated carbocycles. The second kappa shape index (κ2) is 5.32. The average molecular weight is 274 g/mol. The maximum absolute atomic E-state index is 10.6. The Hall–Kier alpha value is -0.600. The first-order chi connectivity index (χ1) is 6.67. The molecule has 0 fully saturated rings. The Kier molecular flexibility index (Phi) is 4.36. The summed E-state index contributed by atoms with van der Waals surface area (Å²) in [6, 6.07) is 5.57. The lowest BCUT2D eigenvalue weighted by Gasteiger charge is -1.99. The van der Waals surface area contributed by atoms with Crippen LogP contribution >= 0.6 is 27.5 Å². The van der Waals surface area contributed by atoms with Gasteiger partial charge in [-0.25, -0.2) is 0 Å². The third-order valence-electron chi connectivity index (χ3n) is 1.86. The summed E-state index contributed by atoms with van der Waals surface area (Å²) in [7, 11) is 0. The van der Waals surface area contributed by atoms with Crippen molar-refractivity contribution in [1.82, 2.24) is 0 Å². The fraction of sp³-hybridized carbons (Fsp3) is 0.182. The van der Waals surface area contributed by atoms with E-state index in [1.54, 1.807) is 6.07 Å². The highest BCUT2D eigenvalue weighted by molar-refractivity contribution is 9.10. The van der Waals surface area contributed by atoms with Crippen LogP contribution in [0.3, 0.4) is 0 Å². The number of benzene rings is 1. The first-order valence-corrected chi connectivity index (χ1v) is 5.45. The molecule has 0 amide bonds. The van der Waals surface area contributed by atoms with E-state index in [0.29, 0.717) is 5.02 Å². The summed E-state index contributed by atoms with van der Waals surface area (Å²) >= 11 is 9.18. The summed E-state index contributed by atoms with van der Waals surface area (Å²) in [5.74, 6) is 0. The summed E-state index contributed by atoms with van der Waals surface area (Å²) in [5.41, 5.74) is 1.75. The van der Waals surface area contributed by atoms with Gasteiger partial charge in [-0.05, 0) is 51.7 Å². The lowest BCUT2D eigenvalue weighted by Crippen LogP contribution is -1.82. The van der Waals surface area contributed by atoms with Crippen LogP contribution in [-0.4, -0.2) is 6.29 Å². The molecule has 14 heavy (non-hydrogen) atoms. The summed E-state index contributed by atoms with van der Waals surface area (Å²) in [6.07, 6.45) is 3.47. The van der Waals surface area contributed by atoms with Crippen molar-refractivity contribution >= 4 is 39.9 Å². The molecular weight excluding hydrogens is 263 g/mol. The zero-order valence-corrected chi connectivity index (χ0v) is 10.1. The van der Waals surface area contributed by atoms with Crippen molar-refractivity contribution in [2.24, 2.45) is 0 Å². The largest absolute Gasteiger partial charge is 0.298 e. The Morgan fingerprint density at radius 1 is 1.57 bits per heavy atom. The van der Waals surface area contributed by atoms with Crippen LogP contribution < -0.4 is 0 Å². The molecule has 1 nitrogen and oxygen atoms in total. The van der Waals surface area contributed by atoms with Crippen molar-refractivity contribution < 1.29 is 4.79 Å². The minimum Gasteiger partial charge on any atom is -0.298 e. The zero-order valence-electron chi connectivity index (χ0n) is 7.76. The smallest absolute Gasteiger partial charge is 0.146 e. The Morgan fingerprint density at radius 2 is 2.29 bits per heavy atom. The number of allylic oxidation sites excluding steroid dienone is 1. The van der Waals surface area contributed by atoms with Crippen molar-refractivity contribution in [3.05, 3.63) is 38.8 Å². The highest BCUT2D eigenvalue weighted by Crippen LogP contribution is 2.24. The lowest BCUT2D eigenvalue weighted by molar-refractivity contribution is -0.104. The number of halogens is 2. The molecule has 0 heterocycles. The summed E-state index contributed by atoms with van der Waals surface area (Å²) in [6.45, 7) is 1.95. The van der Waals surface area contributed by atoms with Crippen LogP contribution in [0.1, 0.15) is 18.9 Å². The van der Waals surface area contributed by atoms with Crippen LogP contribution in [0.4, 0.5) is 0 Å². The number of aldehydes is 1. The van der Waals surface area contributed by atoms with E-state index in [1.165, 1.54) is 0 Å². The molecule has 0 radical (unpaired) electrons. The van der Waals surface area contributed by atoms with Gasteiger partial charge in [0, 0.05) is 4.47 Å². The number of hydrogen-bond acceptors (Lipinski definition) is 1. The monoisotopic (exact) mass is 272 g/mol. The molecule has 1 rings (SSSR count). The van der Waals surface area contributed by atoms with Crippen molar-refractivity contribution in [3.63, 3.8) is 0 Å². The van der Waals surface area contributed by atoms with Crippen molar-refractivity contribution in [3.8, 4) is 0 Å². The van der Waals surface area contributed by atoms with Gasteiger partial charge in [0.2, 0.25) is 0 Å². The third-order valence-corrected chi connectivity index (χ3v) is 3.07. The molecule has 0 saturated heterocycles. The van der Waals surface area contributed by atoms with E-state index in [2.05, 4.69) is 15.9 Å². The predicted molar refractivity (Wildman–Crippen MR) is 63.5 cm³/mol. The van der Waals surface area contributed by atoms with E-state index in [-0.39, 0.29) is 0 Å². The van der Waals surface area contributed by atoms with Gasteiger partial charge >= 0.3 is 0 Å². The molecule has 0 aromatic heterocycles. The fourth-order valence-electron chi connectivity index (χ4n) is 1.04. The second-order valence-corrected chi connectivity index (χ2v) is 4.13. The maximum Gasteiger partial charge on any atom is 0.146 e. The number of carbonyl (C=O) groups is 1. The molecule has 0 spiro atoms. The molecule has 3 heteroatoms. The van der Waals surface area contributed by atoms with E-state index in [1.807, 2.05) is 25.1 Å². The van der Waals surface area contributed by atoms with Gasteiger partial charge in [0.1, 0.15) is 6.29 Å². The number of carbonyl (C=O) groups excluding carboxylic acids is 1. The fourth-order valence-corrected chi connectivity index (χ4v) is 1.55. The molecule has 0 atom stereocenters. The molecule has 1 aromatic carbocycles. The zero-order chi connectivity index (χ0) is 10.6. The van der Waals surface area contributed by atoms with Gasteiger partial charge in [-0.15, -0.1) is 0 Å². The van der Waals surface area contributed by atoms with E-state index < -0.39 is 0 Å². The quantitative estimate of drug-likeness (QED) is 0.599. The Balaban J connectivity index is 3.03. The van der Waals surface area contributed by atoms with Crippen molar-refractivity contribution in [2.75, 3.05) is 0 Å². The topological polar surface area (TPSA) is 17.1 Å². The Morgan fingerprint density at radius 3 is 2.79 bits per heavy atom. The van der Waals surface area contributed by atoms with Gasteiger partial charge in [-0.3, -0.25) is 4.79 Å². The molecular formula is C11H10BrClO. The number of hydrogen-bond donors (Lipinski definition) is 0. The summed E-state index contributed by atoms with van der Waals surface area (Å²) in [4.78, 5) is 10.6. The highest BCUT2D eigenvalue weighted by Gasteiger charge is 1.98. The van der Waals surface area contributed by atoms with Crippen LogP contribution in [0, 0.1) is 0 Å². The van der Waals surface area contributed by atoms with Crippen LogP contribution in [0.2, 0.25) is 5.02 Å². The van der Waals surface area contributed by atoms with Crippen LogP contribution in [0.15, 0.2) is 28.2 Å². The molecule has 1 aromatic rings. The van der Waals surface area contributed by atoms with Crippen molar-refractivity contribution in [1.29, 1.82) is 0 Å². The van der Waals surface area contributed by atoms with Gasteiger partial charge < -0.3 is 0 Å². The SMILES string of the molecule is CC/C(C=O)=C/c1ccc(Cl)c(Br)c1. The molecule has 0 bridgehead atoms. The molecule has 0 aliphatic rings. The molecule has 74 valence electrons. The van der Waals surface area contributed by atoms with Gasteiger partial charge in [-0.2, -0.15) is 0 Å². The van der Waals surface area contributed by atoms with E-state index >= 15 is 0 Å². The predicted octanol–water partition coefficient (Wildman–Crippen LogP) is 4.09. The van der Waals surface area contributed by atoms with Gasteiger partial charge in [0.25, 0.3) is 0 Å². The lowest BCUT2D eigenvalue weighted by atomic mass is 10.1. The molecule has 0 unspecified atom stereocenters. The van der Waals surface area contributed by atoms with E-state index in [9.17, 15) is 4.79 Å². The standard InChI is InChI=1S/C11H10BrClO/c1-2-8(7-14)5-9-3-4-11(13)10(12)6-9/h3-7H,2H2,1H3/b8-5-. The second-order valence-electron chi connectivity index (χ2n) is 2.86. The maximum atomic E-state index is 10.6. The van der Waals surface area contributed by atoms with Gasteiger partial charge in [-0.1, -0.05) is 24.6 Å². The Labute approximate surface area is 96.9 Å². The van der Waals surface area contributed by atoms with Crippen LogP contribution in [0.25, 0.3) is 6.08 Å². The third kappa shape index (κ3) is 2.96. The number of rotatable bonds is 3. The van der Waals surface area contributed by atoms with Crippen molar-refractivity contribution in [2.45, 2.75) is 13.3 Å². The van der Waals surface area contributed by atoms with E-state index in [4.69, 9.17) is 11.6 Å². The summed E-state index contributed by atoms with van der Waals surface area (Å²) < 4.78 is 0.842. The minimum absolute atomic E-state index is 0.673. The average Bonchev–Trinajstić information content (AvgIpc) is 2.19. The first kappa shape index (κ1) is 11.5. The molecule has 0 N–H and O–H groups in total. The highest BCUT2D eigenvalue weighted by atomic mass is 79.9. The minimum atomic E-state index is 0.673. The Bertz CT molecular complexity index is 372.